The van der Waals surface area contributed by atoms with Crippen LogP contribution in [0.2, 0.25) is 0 Å². The molecule has 0 unspecified atom stereocenters. The van der Waals surface area contributed by atoms with E-state index in [2.05, 4.69) is 6.92 Å². The first-order chi connectivity index (χ1) is 8.11. The van der Waals surface area contributed by atoms with Gasteiger partial charge in [-0.3, -0.25) is 14.5 Å². The minimum absolute atomic E-state index is 0.126. The van der Waals surface area contributed by atoms with Gasteiger partial charge in [0.05, 0.1) is 11.1 Å². The number of hydrogen-bond acceptors (Lipinski definition) is 2. The Bertz CT molecular complexity index is 468. The molecule has 3 heteroatoms. The summed E-state index contributed by atoms with van der Waals surface area (Å²) in [6, 6.07) is 7.08. The Morgan fingerprint density at radius 1 is 1.12 bits per heavy atom. The lowest BCUT2D eigenvalue weighted by atomic mass is 9.70. The SMILES string of the molecule is CC1(CN2C(=O)c3ccccc3C2=O)CCC1. The Balaban J connectivity index is 1.90. The lowest BCUT2D eigenvalue weighted by Gasteiger charge is -2.40. The Kier molecular flexibility index (Phi) is 2.12. The molecule has 1 aliphatic carbocycles. The second-order valence-electron chi connectivity index (χ2n) is 5.41. The number of nitrogens with zero attached hydrogens (tertiary/aromatic N) is 1. The molecule has 0 spiro atoms. The molecule has 17 heavy (non-hydrogen) atoms. The lowest BCUT2D eigenvalue weighted by Crippen LogP contribution is -2.42. The van der Waals surface area contributed by atoms with Crippen LogP contribution in [0.3, 0.4) is 0 Å². The van der Waals surface area contributed by atoms with E-state index >= 15 is 0 Å². The Morgan fingerprint density at radius 2 is 1.65 bits per heavy atom. The quantitative estimate of drug-likeness (QED) is 0.730. The average molecular weight is 229 g/mol. The van der Waals surface area contributed by atoms with E-state index in [1.807, 2.05) is 0 Å². The Labute approximate surface area is 100 Å². The molecule has 1 heterocycles. The first-order valence-electron chi connectivity index (χ1n) is 6.06. The van der Waals surface area contributed by atoms with Gasteiger partial charge in [0, 0.05) is 6.54 Å². The highest BCUT2D eigenvalue weighted by Crippen LogP contribution is 2.42. The summed E-state index contributed by atoms with van der Waals surface area (Å²) in [6.07, 6.45) is 3.43. The largest absolute Gasteiger partial charge is 0.274 e. The first-order valence-corrected chi connectivity index (χ1v) is 6.06. The first kappa shape index (κ1) is 10.5. The van der Waals surface area contributed by atoms with Gasteiger partial charge in [0.25, 0.3) is 11.8 Å². The second kappa shape index (κ2) is 3.42. The van der Waals surface area contributed by atoms with Crippen LogP contribution in [-0.4, -0.2) is 23.3 Å². The molecule has 0 radical (unpaired) electrons. The standard InChI is InChI=1S/C14H15NO2/c1-14(7-4-8-14)9-15-12(16)10-5-2-3-6-11(10)13(15)17/h2-3,5-6H,4,7-9H2,1H3. The fraction of sp³-hybridized carbons (Fsp3) is 0.429. The van der Waals surface area contributed by atoms with Gasteiger partial charge in [-0.1, -0.05) is 25.5 Å². The normalized spacial score (nSPS) is 21.4. The molecule has 1 aromatic rings. The monoisotopic (exact) mass is 229 g/mol. The Morgan fingerprint density at radius 3 is 2.06 bits per heavy atom. The minimum Gasteiger partial charge on any atom is -0.274 e. The molecule has 0 atom stereocenters. The van der Waals surface area contributed by atoms with Crippen molar-refractivity contribution in [3.63, 3.8) is 0 Å². The molecule has 1 fully saturated rings. The van der Waals surface area contributed by atoms with Gasteiger partial charge in [-0.25, -0.2) is 0 Å². The van der Waals surface area contributed by atoms with Crippen LogP contribution in [0.25, 0.3) is 0 Å². The third-order valence-electron chi connectivity index (χ3n) is 3.98. The summed E-state index contributed by atoms with van der Waals surface area (Å²) in [5.41, 5.74) is 1.26. The number of amides is 2. The van der Waals surface area contributed by atoms with Gasteiger partial charge in [0.2, 0.25) is 0 Å². The van der Waals surface area contributed by atoms with Crippen LogP contribution >= 0.6 is 0 Å². The topological polar surface area (TPSA) is 37.4 Å². The third-order valence-corrected chi connectivity index (χ3v) is 3.98. The van der Waals surface area contributed by atoms with Gasteiger partial charge in [0.1, 0.15) is 0 Å². The van der Waals surface area contributed by atoms with E-state index in [-0.39, 0.29) is 17.2 Å². The zero-order valence-electron chi connectivity index (χ0n) is 9.90. The zero-order chi connectivity index (χ0) is 12.0. The number of hydrogen-bond donors (Lipinski definition) is 0. The highest BCUT2D eigenvalue weighted by Gasteiger charge is 2.41. The number of fused-ring (bicyclic) bond motifs is 1. The number of carbonyl (C=O) groups is 2. The number of imide groups is 1. The van der Waals surface area contributed by atoms with E-state index in [1.165, 1.54) is 11.3 Å². The molecule has 0 saturated heterocycles. The van der Waals surface area contributed by atoms with Gasteiger partial charge in [0.15, 0.2) is 0 Å². The van der Waals surface area contributed by atoms with Crippen molar-refractivity contribution in [3.8, 4) is 0 Å². The molecule has 2 aliphatic rings. The molecule has 3 rings (SSSR count). The summed E-state index contributed by atoms with van der Waals surface area (Å²) < 4.78 is 0. The molecule has 1 aromatic carbocycles. The molecular formula is C14H15NO2. The molecule has 88 valence electrons. The van der Waals surface area contributed by atoms with Crippen molar-refractivity contribution in [1.82, 2.24) is 4.90 Å². The summed E-state index contributed by atoms with van der Waals surface area (Å²) in [7, 11) is 0. The summed E-state index contributed by atoms with van der Waals surface area (Å²) in [4.78, 5) is 25.7. The van der Waals surface area contributed by atoms with Crippen molar-refractivity contribution in [3.05, 3.63) is 35.4 Å². The van der Waals surface area contributed by atoms with Crippen LogP contribution in [-0.2, 0) is 0 Å². The fourth-order valence-corrected chi connectivity index (χ4v) is 2.70. The van der Waals surface area contributed by atoms with Crippen molar-refractivity contribution in [2.45, 2.75) is 26.2 Å². The van der Waals surface area contributed by atoms with E-state index in [1.54, 1.807) is 24.3 Å². The maximum absolute atomic E-state index is 12.1. The van der Waals surface area contributed by atoms with E-state index in [4.69, 9.17) is 0 Å². The smallest absolute Gasteiger partial charge is 0.261 e. The van der Waals surface area contributed by atoms with Crippen molar-refractivity contribution in [1.29, 1.82) is 0 Å². The van der Waals surface area contributed by atoms with Gasteiger partial charge in [-0.15, -0.1) is 0 Å². The van der Waals surface area contributed by atoms with Crippen molar-refractivity contribution < 1.29 is 9.59 Å². The predicted octanol–water partition coefficient (Wildman–Crippen LogP) is 2.47. The summed E-state index contributed by atoms with van der Waals surface area (Å²) in [5.74, 6) is -0.252. The highest BCUT2D eigenvalue weighted by molar-refractivity contribution is 6.21. The molecule has 0 bridgehead atoms. The third kappa shape index (κ3) is 1.49. The fourth-order valence-electron chi connectivity index (χ4n) is 2.70. The van der Waals surface area contributed by atoms with Crippen LogP contribution in [0.5, 0.6) is 0 Å². The number of carbonyl (C=O) groups excluding carboxylic acids is 2. The molecular weight excluding hydrogens is 214 g/mol. The molecule has 0 aromatic heterocycles. The van der Waals surface area contributed by atoms with E-state index < -0.39 is 0 Å². The van der Waals surface area contributed by atoms with Crippen molar-refractivity contribution >= 4 is 11.8 Å². The van der Waals surface area contributed by atoms with E-state index in [9.17, 15) is 9.59 Å². The molecule has 1 saturated carbocycles. The summed E-state index contributed by atoms with van der Waals surface area (Å²) in [6.45, 7) is 2.72. The summed E-state index contributed by atoms with van der Waals surface area (Å²) in [5, 5.41) is 0. The second-order valence-corrected chi connectivity index (χ2v) is 5.41. The highest BCUT2D eigenvalue weighted by atomic mass is 16.2. The number of rotatable bonds is 2. The minimum atomic E-state index is -0.126. The van der Waals surface area contributed by atoms with Gasteiger partial charge in [-0.05, 0) is 30.4 Å². The maximum atomic E-state index is 12.1. The predicted molar refractivity (Wildman–Crippen MR) is 63.8 cm³/mol. The average Bonchev–Trinajstić information content (AvgIpc) is 2.53. The van der Waals surface area contributed by atoms with Gasteiger partial charge in [-0.2, -0.15) is 0 Å². The van der Waals surface area contributed by atoms with Gasteiger partial charge < -0.3 is 0 Å². The van der Waals surface area contributed by atoms with Crippen molar-refractivity contribution in [2.75, 3.05) is 6.54 Å². The lowest BCUT2D eigenvalue weighted by molar-refractivity contribution is 0.0474. The van der Waals surface area contributed by atoms with Crippen LogP contribution in [0.4, 0.5) is 0 Å². The van der Waals surface area contributed by atoms with E-state index in [0.717, 1.165) is 12.8 Å². The van der Waals surface area contributed by atoms with Crippen molar-refractivity contribution in [2.24, 2.45) is 5.41 Å². The Hall–Kier alpha value is -1.64. The molecule has 2 amide bonds. The van der Waals surface area contributed by atoms with Gasteiger partial charge >= 0.3 is 0 Å². The molecule has 1 aliphatic heterocycles. The van der Waals surface area contributed by atoms with E-state index in [0.29, 0.717) is 17.7 Å². The van der Waals surface area contributed by atoms with Crippen LogP contribution < -0.4 is 0 Å². The van der Waals surface area contributed by atoms with Crippen LogP contribution in [0.1, 0.15) is 46.9 Å². The maximum Gasteiger partial charge on any atom is 0.261 e. The van der Waals surface area contributed by atoms with Crippen LogP contribution in [0, 0.1) is 5.41 Å². The molecule has 3 nitrogen and oxygen atoms in total. The zero-order valence-corrected chi connectivity index (χ0v) is 9.90. The summed E-state index contributed by atoms with van der Waals surface area (Å²) >= 11 is 0. The van der Waals surface area contributed by atoms with Crippen LogP contribution in [0.15, 0.2) is 24.3 Å². The molecule has 0 N–H and O–H groups in total. The number of benzene rings is 1.